The van der Waals surface area contributed by atoms with Crippen LogP contribution in [0.1, 0.15) is 10.4 Å². The maximum absolute atomic E-state index is 5.99. The predicted octanol–water partition coefficient (Wildman–Crippen LogP) is 3.72. The van der Waals surface area contributed by atoms with Crippen LogP contribution in [0.15, 0.2) is 40.2 Å². The van der Waals surface area contributed by atoms with Crippen molar-refractivity contribution in [2.45, 2.75) is 13.1 Å². The summed E-state index contributed by atoms with van der Waals surface area (Å²) in [6, 6.07) is 10.3. The maximum Gasteiger partial charge on any atom is 0.0371 e. The van der Waals surface area contributed by atoms with E-state index in [1.54, 1.807) is 11.3 Å². The van der Waals surface area contributed by atoms with Gasteiger partial charge < -0.3 is 5.73 Å². The second-order valence-corrected chi connectivity index (χ2v) is 6.04. The third-order valence-electron chi connectivity index (χ3n) is 2.55. The molecule has 0 unspecified atom stereocenters. The van der Waals surface area contributed by atoms with Crippen LogP contribution in [0.3, 0.4) is 0 Å². The summed E-state index contributed by atoms with van der Waals surface area (Å²) in [7, 11) is 2.11. The van der Waals surface area contributed by atoms with Gasteiger partial charge in [-0.15, -0.1) is 11.3 Å². The quantitative estimate of drug-likeness (QED) is 0.872. The molecule has 0 saturated heterocycles. The summed E-state index contributed by atoms with van der Waals surface area (Å²) < 4.78 is 1.03. The summed E-state index contributed by atoms with van der Waals surface area (Å²) in [5.41, 5.74) is 8.01. The minimum absolute atomic E-state index is 0.845. The number of hydrogen-bond donors (Lipinski definition) is 1. The fourth-order valence-corrected chi connectivity index (χ4v) is 2.89. The van der Waals surface area contributed by atoms with E-state index in [2.05, 4.69) is 51.5 Å². The smallest absolute Gasteiger partial charge is 0.0371 e. The molecule has 4 heteroatoms. The van der Waals surface area contributed by atoms with Crippen LogP contribution in [0.5, 0.6) is 0 Å². The molecular weight excluding hydrogens is 296 g/mol. The van der Waals surface area contributed by atoms with E-state index in [9.17, 15) is 0 Å². The second-order valence-electron chi connectivity index (χ2n) is 4.09. The topological polar surface area (TPSA) is 29.3 Å². The van der Waals surface area contributed by atoms with Gasteiger partial charge in [-0.1, -0.05) is 28.1 Å². The molecule has 0 aliphatic rings. The van der Waals surface area contributed by atoms with Crippen molar-refractivity contribution in [3.8, 4) is 0 Å². The van der Waals surface area contributed by atoms with E-state index in [1.807, 2.05) is 12.1 Å². The first-order chi connectivity index (χ1) is 8.15. The van der Waals surface area contributed by atoms with Gasteiger partial charge in [0.1, 0.15) is 0 Å². The Bertz CT molecular complexity index is 482. The highest BCUT2D eigenvalue weighted by atomic mass is 79.9. The third-order valence-corrected chi connectivity index (χ3v) is 3.91. The molecule has 0 saturated carbocycles. The molecule has 17 heavy (non-hydrogen) atoms. The molecule has 0 spiro atoms. The Kier molecular flexibility index (Phi) is 4.20. The molecule has 2 aromatic rings. The maximum atomic E-state index is 5.99. The summed E-state index contributed by atoms with van der Waals surface area (Å²) in [5.74, 6) is 0. The standard InChI is InChI=1S/C13H15BrN2S/c1-16(9-12-3-2-6-17-12)8-10-4-5-11(14)7-13(10)15/h2-7H,8-9,15H2,1H3. The van der Waals surface area contributed by atoms with Crippen molar-refractivity contribution in [2.75, 3.05) is 12.8 Å². The van der Waals surface area contributed by atoms with E-state index in [4.69, 9.17) is 5.73 Å². The minimum Gasteiger partial charge on any atom is -0.398 e. The molecule has 0 aliphatic heterocycles. The molecule has 2 nitrogen and oxygen atoms in total. The molecule has 0 radical (unpaired) electrons. The van der Waals surface area contributed by atoms with Crippen LogP contribution in [0, 0.1) is 0 Å². The van der Waals surface area contributed by atoms with Crippen molar-refractivity contribution in [1.29, 1.82) is 0 Å². The fraction of sp³-hybridized carbons (Fsp3) is 0.231. The zero-order valence-electron chi connectivity index (χ0n) is 9.69. The first-order valence-electron chi connectivity index (χ1n) is 5.40. The number of thiophene rings is 1. The minimum atomic E-state index is 0.845. The van der Waals surface area contributed by atoms with Crippen molar-refractivity contribution in [3.05, 3.63) is 50.6 Å². The van der Waals surface area contributed by atoms with Crippen LogP contribution in [0.25, 0.3) is 0 Å². The van der Waals surface area contributed by atoms with Gasteiger partial charge in [-0.2, -0.15) is 0 Å². The molecule has 2 N–H and O–H groups in total. The summed E-state index contributed by atoms with van der Waals surface area (Å²) in [5, 5.41) is 2.11. The van der Waals surface area contributed by atoms with Gasteiger partial charge in [0.2, 0.25) is 0 Å². The van der Waals surface area contributed by atoms with Gasteiger partial charge in [0.25, 0.3) is 0 Å². The van der Waals surface area contributed by atoms with Gasteiger partial charge in [0, 0.05) is 28.1 Å². The number of nitrogens with zero attached hydrogens (tertiary/aromatic N) is 1. The molecule has 1 aromatic heterocycles. The number of rotatable bonds is 4. The number of nitrogens with two attached hydrogens (primary N) is 1. The van der Waals surface area contributed by atoms with Crippen molar-refractivity contribution in [3.63, 3.8) is 0 Å². The summed E-state index contributed by atoms with van der Waals surface area (Å²) in [6.45, 7) is 1.84. The van der Waals surface area contributed by atoms with Crippen molar-refractivity contribution in [2.24, 2.45) is 0 Å². The van der Waals surface area contributed by atoms with Crippen molar-refractivity contribution < 1.29 is 0 Å². The lowest BCUT2D eigenvalue weighted by Crippen LogP contribution is -2.17. The molecular formula is C13H15BrN2S. The number of benzene rings is 1. The van der Waals surface area contributed by atoms with Crippen molar-refractivity contribution >= 4 is 33.0 Å². The zero-order valence-corrected chi connectivity index (χ0v) is 12.1. The Morgan fingerprint density at radius 3 is 2.76 bits per heavy atom. The second kappa shape index (κ2) is 5.67. The first-order valence-corrected chi connectivity index (χ1v) is 7.07. The molecule has 0 fully saturated rings. The number of anilines is 1. The molecule has 90 valence electrons. The summed E-state index contributed by atoms with van der Waals surface area (Å²) in [6.07, 6.45) is 0. The largest absolute Gasteiger partial charge is 0.398 e. The molecule has 0 bridgehead atoms. The van der Waals surface area contributed by atoms with E-state index in [0.717, 1.165) is 23.2 Å². The summed E-state index contributed by atoms with van der Waals surface area (Å²) in [4.78, 5) is 3.65. The Hall–Kier alpha value is -0.840. The highest BCUT2D eigenvalue weighted by Crippen LogP contribution is 2.20. The Morgan fingerprint density at radius 1 is 1.29 bits per heavy atom. The zero-order chi connectivity index (χ0) is 12.3. The lowest BCUT2D eigenvalue weighted by Gasteiger charge is -2.17. The lowest BCUT2D eigenvalue weighted by atomic mass is 10.1. The van der Waals surface area contributed by atoms with Gasteiger partial charge in [-0.25, -0.2) is 0 Å². The van der Waals surface area contributed by atoms with E-state index < -0.39 is 0 Å². The van der Waals surface area contributed by atoms with Crippen LogP contribution >= 0.6 is 27.3 Å². The normalized spacial score (nSPS) is 11.0. The Labute approximate surface area is 114 Å². The van der Waals surface area contributed by atoms with E-state index in [1.165, 1.54) is 10.4 Å². The van der Waals surface area contributed by atoms with Gasteiger partial charge >= 0.3 is 0 Å². The molecule has 1 heterocycles. The molecule has 1 aromatic carbocycles. The summed E-state index contributed by atoms with van der Waals surface area (Å²) >= 11 is 5.21. The predicted molar refractivity (Wildman–Crippen MR) is 78.0 cm³/mol. The van der Waals surface area contributed by atoms with Gasteiger partial charge in [-0.05, 0) is 36.2 Å². The van der Waals surface area contributed by atoms with E-state index in [0.29, 0.717) is 0 Å². The lowest BCUT2D eigenvalue weighted by molar-refractivity contribution is 0.322. The molecule has 0 aliphatic carbocycles. The fourth-order valence-electron chi connectivity index (χ4n) is 1.73. The third kappa shape index (κ3) is 3.56. The average Bonchev–Trinajstić information content (AvgIpc) is 2.75. The van der Waals surface area contributed by atoms with E-state index >= 15 is 0 Å². The van der Waals surface area contributed by atoms with Gasteiger partial charge in [0.15, 0.2) is 0 Å². The number of nitrogen functional groups attached to an aromatic ring is 1. The Morgan fingerprint density at radius 2 is 2.12 bits per heavy atom. The molecule has 2 rings (SSSR count). The van der Waals surface area contributed by atoms with Gasteiger partial charge in [0.05, 0.1) is 0 Å². The van der Waals surface area contributed by atoms with Crippen LogP contribution in [0.2, 0.25) is 0 Å². The van der Waals surface area contributed by atoms with Gasteiger partial charge in [-0.3, -0.25) is 4.90 Å². The highest BCUT2D eigenvalue weighted by molar-refractivity contribution is 9.10. The number of hydrogen-bond acceptors (Lipinski definition) is 3. The van der Waals surface area contributed by atoms with E-state index in [-0.39, 0.29) is 0 Å². The average molecular weight is 311 g/mol. The van der Waals surface area contributed by atoms with Crippen LogP contribution in [0.4, 0.5) is 5.69 Å². The number of halogens is 1. The Balaban J connectivity index is 2.00. The van der Waals surface area contributed by atoms with Crippen LogP contribution in [-0.2, 0) is 13.1 Å². The molecule has 0 amide bonds. The highest BCUT2D eigenvalue weighted by Gasteiger charge is 2.05. The van der Waals surface area contributed by atoms with Crippen molar-refractivity contribution in [1.82, 2.24) is 4.90 Å². The molecule has 0 atom stereocenters. The first kappa shape index (κ1) is 12.6. The van der Waals surface area contributed by atoms with Crippen LogP contribution in [-0.4, -0.2) is 11.9 Å². The SMILES string of the molecule is CN(Cc1cccs1)Cc1ccc(Br)cc1N. The van der Waals surface area contributed by atoms with Crippen LogP contribution < -0.4 is 5.73 Å². The monoisotopic (exact) mass is 310 g/mol.